The van der Waals surface area contributed by atoms with Crippen molar-refractivity contribution < 1.29 is 13.9 Å². The molecule has 1 aliphatic rings. The van der Waals surface area contributed by atoms with Gasteiger partial charge in [0.25, 0.3) is 0 Å². The van der Waals surface area contributed by atoms with E-state index in [0.717, 1.165) is 39.1 Å². The van der Waals surface area contributed by atoms with E-state index >= 15 is 0 Å². The van der Waals surface area contributed by atoms with E-state index in [-0.39, 0.29) is 5.56 Å². The lowest BCUT2D eigenvalue weighted by molar-refractivity contribution is 0.104. The molecule has 0 amide bonds. The molecule has 2 heterocycles. The number of carbonyl (C=O) groups is 1. The van der Waals surface area contributed by atoms with Crippen LogP contribution in [0.1, 0.15) is 38.2 Å². The maximum Gasteiger partial charge on any atom is 0.188 e. The van der Waals surface area contributed by atoms with Crippen LogP contribution in [-0.4, -0.2) is 21.9 Å². The minimum atomic E-state index is -0.752. The lowest BCUT2D eigenvalue weighted by Gasteiger charge is -2.38. The molecule has 214 valence electrons. The number of hydrogen-bond acceptors (Lipinski definition) is 3. The van der Waals surface area contributed by atoms with Gasteiger partial charge in [-0.1, -0.05) is 121 Å². The van der Waals surface area contributed by atoms with Crippen LogP contribution in [0.25, 0.3) is 17.3 Å². The van der Waals surface area contributed by atoms with Crippen molar-refractivity contribution in [2.24, 2.45) is 0 Å². The third kappa shape index (κ3) is 4.73. The zero-order valence-corrected chi connectivity index (χ0v) is 23.9. The van der Waals surface area contributed by atoms with Crippen LogP contribution in [0.2, 0.25) is 0 Å². The Morgan fingerprint density at radius 1 is 0.795 bits per heavy atom. The molecule has 0 unspecified atom stereocenters. The number of ketones is 1. The van der Waals surface area contributed by atoms with E-state index < -0.39 is 17.1 Å². The number of ether oxygens (including phenoxy) is 1. The summed E-state index contributed by atoms with van der Waals surface area (Å²) in [6, 6.07) is 42.1. The molecule has 7 rings (SSSR count). The normalized spacial score (nSPS) is 12.7. The Bertz CT molecular complexity index is 1870. The maximum atomic E-state index is 14.8. The molecule has 0 atom stereocenters. The lowest BCUT2D eigenvalue weighted by atomic mass is 9.76. The van der Waals surface area contributed by atoms with Crippen molar-refractivity contribution in [2.75, 3.05) is 6.61 Å². The van der Waals surface area contributed by atoms with Gasteiger partial charge >= 0.3 is 0 Å². The summed E-state index contributed by atoms with van der Waals surface area (Å²) in [6.45, 7) is 0.500. The Balaban J connectivity index is 1.38. The number of aromatic nitrogens is 2. The van der Waals surface area contributed by atoms with E-state index in [1.807, 2.05) is 55.0 Å². The molecule has 6 aromatic rings. The summed E-state index contributed by atoms with van der Waals surface area (Å²) in [7, 11) is 0. The predicted molar refractivity (Wildman–Crippen MR) is 171 cm³/mol. The predicted octanol–water partition coefficient (Wildman–Crippen LogP) is 8.36. The van der Waals surface area contributed by atoms with Crippen molar-refractivity contribution in [3.8, 4) is 17.0 Å². The van der Waals surface area contributed by atoms with Crippen LogP contribution >= 0.6 is 0 Å². The summed E-state index contributed by atoms with van der Waals surface area (Å²) < 4.78 is 22.5. The van der Waals surface area contributed by atoms with Gasteiger partial charge < -0.3 is 9.30 Å². The van der Waals surface area contributed by atoms with E-state index in [4.69, 9.17) is 4.74 Å². The summed E-state index contributed by atoms with van der Waals surface area (Å²) in [6.07, 6.45) is 7.60. The Labute approximate surface area is 255 Å². The first-order valence-electron chi connectivity index (χ1n) is 14.6. The second-order valence-corrected chi connectivity index (χ2v) is 10.8. The first-order valence-corrected chi connectivity index (χ1v) is 14.6. The Kier molecular flexibility index (Phi) is 7.20. The van der Waals surface area contributed by atoms with Gasteiger partial charge in [-0.2, -0.15) is 0 Å². The summed E-state index contributed by atoms with van der Waals surface area (Å²) in [5, 5.41) is 0. The smallest absolute Gasteiger partial charge is 0.188 e. The van der Waals surface area contributed by atoms with Crippen LogP contribution in [0, 0.1) is 5.82 Å². The molecule has 0 saturated carbocycles. The van der Waals surface area contributed by atoms with Gasteiger partial charge in [0.2, 0.25) is 0 Å². The van der Waals surface area contributed by atoms with Crippen molar-refractivity contribution in [1.29, 1.82) is 0 Å². The number of carbonyl (C=O) groups excluding carboxylic acids is 1. The van der Waals surface area contributed by atoms with Crippen LogP contribution in [0.5, 0.6) is 5.75 Å². The number of benzene rings is 5. The van der Waals surface area contributed by atoms with Gasteiger partial charge in [0.15, 0.2) is 5.78 Å². The molecule has 0 aliphatic carbocycles. The van der Waals surface area contributed by atoms with Gasteiger partial charge in [-0.25, -0.2) is 9.37 Å². The Morgan fingerprint density at radius 3 is 2.02 bits per heavy atom. The molecule has 0 bridgehead atoms. The van der Waals surface area contributed by atoms with Crippen molar-refractivity contribution in [3.63, 3.8) is 0 Å². The summed E-state index contributed by atoms with van der Waals surface area (Å²) in [5.74, 6) is -0.460. The van der Waals surface area contributed by atoms with Crippen molar-refractivity contribution in [3.05, 3.63) is 185 Å². The lowest BCUT2D eigenvalue weighted by Crippen LogP contribution is -2.37. The molecule has 0 N–H and O–H groups in total. The number of allylic oxidation sites excluding steroid dienone is 1. The highest BCUT2D eigenvalue weighted by molar-refractivity contribution is 6.07. The molecule has 5 heteroatoms. The van der Waals surface area contributed by atoms with Gasteiger partial charge in [-0.3, -0.25) is 4.79 Å². The molecular formula is C39H29FN2O2. The molecule has 0 saturated heterocycles. The largest absolute Gasteiger partial charge is 0.493 e. The average molecular weight is 577 g/mol. The Morgan fingerprint density at radius 2 is 1.39 bits per heavy atom. The topological polar surface area (TPSA) is 44.1 Å². The second kappa shape index (κ2) is 11.6. The minimum Gasteiger partial charge on any atom is -0.493 e. The quantitative estimate of drug-likeness (QED) is 0.104. The van der Waals surface area contributed by atoms with Gasteiger partial charge in [0.1, 0.15) is 17.1 Å². The van der Waals surface area contributed by atoms with E-state index in [2.05, 4.69) is 82.3 Å². The summed E-state index contributed by atoms with van der Waals surface area (Å²) in [4.78, 5) is 17.9. The second-order valence-electron chi connectivity index (χ2n) is 10.8. The highest BCUT2D eigenvalue weighted by Gasteiger charge is 2.39. The zero-order chi connectivity index (χ0) is 29.9. The number of nitrogens with zero attached hydrogens (tertiary/aromatic N) is 2. The first-order chi connectivity index (χ1) is 21.7. The zero-order valence-electron chi connectivity index (χ0n) is 23.9. The van der Waals surface area contributed by atoms with Crippen LogP contribution in [0.15, 0.2) is 146 Å². The number of halogens is 1. The fraction of sp³-hybridized carbons (Fsp3) is 0.0769. The van der Waals surface area contributed by atoms with Crippen LogP contribution < -0.4 is 4.74 Å². The highest BCUT2D eigenvalue weighted by Crippen LogP contribution is 2.43. The van der Waals surface area contributed by atoms with E-state index in [1.54, 1.807) is 12.1 Å². The molecule has 1 aromatic heterocycles. The molecule has 0 spiro atoms. The number of rotatable bonds is 8. The SMILES string of the molecule is O=C(C=Cc1ccccc1-c1cncn1C(c1ccccc1)(c1ccccc1)c1ccccc1)c1cc2c(cc1F)OCC2. The molecular weight excluding hydrogens is 547 g/mol. The summed E-state index contributed by atoms with van der Waals surface area (Å²) in [5.41, 5.74) is 5.96. The fourth-order valence-electron chi connectivity index (χ4n) is 6.24. The number of fused-ring (bicyclic) bond motifs is 1. The highest BCUT2D eigenvalue weighted by atomic mass is 19.1. The van der Waals surface area contributed by atoms with Crippen molar-refractivity contribution >= 4 is 11.9 Å². The van der Waals surface area contributed by atoms with Crippen LogP contribution in [-0.2, 0) is 12.0 Å². The number of imidazole rings is 1. The fourth-order valence-corrected chi connectivity index (χ4v) is 6.24. The van der Waals surface area contributed by atoms with Crippen molar-refractivity contribution in [2.45, 2.75) is 12.0 Å². The van der Waals surface area contributed by atoms with Crippen LogP contribution in [0.3, 0.4) is 0 Å². The molecule has 44 heavy (non-hydrogen) atoms. The van der Waals surface area contributed by atoms with E-state index in [1.165, 1.54) is 12.1 Å². The number of hydrogen-bond donors (Lipinski definition) is 0. The van der Waals surface area contributed by atoms with Crippen molar-refractivity contribution in [1.82, 2.24) is 9.55 Å². The molecule has 0 fully saturated rings. The molecule has 5 aromatic carbocycles. The monoisotopic (exact) mass is 576 g/mol. The van der Waals surface area contributed by atoms with Gasteiger partial charge in [-0.15, -0.1) is 0 Å². The Hall–Kier alpha value is -5.55. The minimum absolute atomic E-state index is 0.0456. The first kappa shape index (κ1) is 27.3. The third-order valence-electron chi connectivity index (χ3n) is 8.27. The third-order valence-corrected chi connectivity index (χ3v) is 8.27. The van der Waals surface area contributed by atoms with E-state index in [9.17, 15) is 9.18 Å². The molecule has 1 aliphatic heterocycles. The molecule has 4 nitrogen and oxygen atoms in total. The maximum absolute atomic E-state index is 14.8. The van der Waals surface area contributed by atoms with E-state index in [0.29, 0.717) is 18.8 Å². The average Bonchev–Trinajstić information content (AvgIpc) is 3.75. The summed E-state index contributed by atoms with van der Waals surface area (Å²) >= 11 is 0. The van der Waals surface area contributed by atoms with Gasteiger partial charge in [0, 0.05) is 18.1 Å². The van der Waals surface area contributed by atoms with Crippen LogP contribution in [0.4, 0.5) is 4.39 Å². The molecule has 0 radical (unpaired) electrons. The van der Waals surface area contributed by atoms with Gasteiger partial charge in [0.05, 0.1) is 30.4 Å². The van der Waals surface area contributed by atoms with Gasteiger partial charge in [-0.05, 0) is 40.0 Å². The standard InChI is InChI=1S/C39H29FN2O2/c40-35-25-38-29(22-23-44-38)24-34(35)37(43)21-20-28-12-10-11-19-33(28)36-26-41-27-42(36)39(30-13-4-1-5-14-30,31-15-6-2-7-16-31)32-17-8-3-9-18-32/h1-21,24-27H,22-23H2.